The van der Waals surface area contributed by atoms with Gasteiger partial charge in [-0.15, -0.1) is 0 Å². The molecule has 0 saturated heterocycles. The van der Waals surface area contributed by atoms with Gasteiger partial charge in [0.25, 0.3) is 0 Å². The van der Waals surface area contributed by atoms with Crippen molar-refractivity contribution in [3.05, 3.63) is 181 Å². The van der Waals surface area contributed by atoms with Crippen molar-refractivity contribution < 1.29 is 109 Å². The number of hydrogen-bond acceptors (Lipinski definition) is 11. The normalized spacial score (nSPS) is 8.74. The Labute approximate surface area is 418 Å². The molecule has 6 aromatic heterocycles. The monoisotopic (exact) mass is 1260 g/mol. The molecule has 0 aliphatic heterocycles. The van der Waals surface area contributed by atoms with E-state index in [1.54, 1.807) is 18.2 Å². The average molecular weight is 1260 g/mol. The van der Waals surface area contributed by atoms with E-state index in [2.05, 4.69) is 39.7 Å². The summed E-state index contributed by atoms with van der Waals surface area (Å²) < 4.78 is 0. The zero-order chi connectivity index (χ0) is 38.2. The molecule has 57 heavy (non-hydrogen) atoms. The standard InChI is InChI=1S/2C18H18N4.3C2H3N.3HI.Lu/c2*1-4-10-19-16(7-1)13-22(14-17-8-2-5-11-20-17)15-18-9-3-6-12-21-18;3*1-2-3;;;;/h2*1-12H,13-15H2;3*1H3;3*1H;/q;;;;;;;;+3/p-3. The van der Waals surface area contributed by atoms with Crippen molar-refractivity contribution in [1.82, 2.24) is 39.7 Å². The Balaban J connectivity index is -0.000000801. The van der Waals surface area contributed by atoms with E-state index in [0.29, 0.717) is 0 Å². The van der Waals surface area contributed by atoms with Gasteiger partial charge in [-0.1, -0.05) is 36.4 Å². The fourth-order valence-corrected chi connectivity index (χ4v) is 4.66. The first-order valence-electron chi connectivity index (χ1n) is 16.8. The van der Waals surface area contributed by atoms with Gasteiger partial charge in [0.05, 0.1) is 52.4 Å². The van der Waals surface area contributed by atoms with Crippen LogP contribution in [-0.4, -0.2) is 39.7 Å². The summed E-state index contributed by atoms with van der Waals surface area (Å²) in [7, 11) is 0. The number of aromatic nitrogens is 6. The fourth-order valence-electron chi connectivity index (χ4n) is 4.66. The summed E-state index contributed by atoms with van der Waals surface area (Å²) in [6, 6.07) is 41.2. The van der Waals surface area contributed by atoms with Crippen LogP contribution >= 0.6 is 0 Å². The first-order valence-corrected chi connectivity index (χ1v) is 16.8. The summed E-state index contributed by atoms with van der Waals surface area (Å²) in [5, 5.41) is 22.0. The van der Waals surface area contributed by atoms with Gasteiger partial charge in [0.2, 0.25) is 0 Å². The van der Waals surface area contributed by atoms with E-state index in [1.807, 2.05) is 146 Å². The Hall–Kier alpha value is -3.29. The maximum absolute atomic E-state index is 7.32. The van der Waals surface area contributed by atoms with Crippen LogP contribution in [0, 0.1) is 70.9 Å². The van der Waals surface area contributed by atoms with Crippen LogP contribution < -0.4 is 71.9 Å². The summed E-state index contributed by atoms with van der Waals surface area (Å²) in [5.74, 6) is 0. The fraction of sp³-hybridized carbons (Fsp3) is 0.214. The molecule has 6 rings (SSSR count). The number of nitriles is 3. The van der Waals surface area contributed by atoms with E-state index in [9.17, 15) is 0 Å². The van der Waals surface area contributed by atoms with Gasteiger partial charge in [-0.05, 0) is 72.8 Å². The van der Waals surface area contributed by atoms with Crippen molar-refractivity contribution in [3.8, 4) is 18.2 Å². The van der Waals surface area contributed by atoms with Gasteiger partial charge in [0, 0.05) is 97.2 Å². The predicted octanol–water partition coefficient (Wildman–Crippen LogP) is -1.25. The van der Waals surface area contributed by atoms with E-state index in [4.69, 9.17) is 15.8 Å². The topological polar surface area (TPSA) is 155 Å². The van der Waals surface area contributed by atoms with E-state index >= 15 is 0 Å². The molecule has 0 aromatic carbocycles. The molecule has 304 valence electrons. The molecular formula is C42H45I3LuN11. The zero-order valence-corrected chi connectivity index (χ0v) is 40.0. The third-order valence-electron chi connectivity index (χ3n) is 6.67. The molecule has 0 spiro atoms. The van der Waals surface area contributed by atoms with E-state index in [-0.39, 0.29) is 109 Å². The smallest absolute Gasteiger partial charge is 1.00 e. The summed E-state index contributed by atoms with van der Waals surface area (Å²) in [5.41, 5.74) is 6.30. The number of rotatable bonds is 12. The van der Waals surface area contributed by atoms with Crippen molar-refractivity contribution >= 4 is 0 Å². The number of pyridine rings is 6. The molecule has 0 aliphatic rings. The summed E-state index contributed by atoms with van der Waals surface area (Å²) in [4.78, 5) is 31.1. The Morgan fingerprint density at radius 2 is 0.491 bits per heavy atom. The van der Waals surface area contributed by atoms with Crippen molar-refractivity contribution in [2.75, 3.05) is 0 Å². The molecule has 0 atom stereocenters. The maximum Gasteiger partial charge on any atom is 3.00 e. The minimum absolute atomic E-state index is 0. The first-order chi connectivity index (χ1) is 26.0. The number of hydrogen-bond donors (Lipinski definition) is 0. The summed E-state index contributed by atoms with van der Waals surface area (Å²) >= 11 is 0. The van der Waals surface area contributed by atoms with Crippen LogP contribution in [0.5, 0.6) is 0 Å². The molecule has 6 aromatic rings. The van der Waals surface area contributed by atoms with E-state index < -0.39 is 0 Å². The molecule has 0 bridgehead atoms. The minimum Gasteiger partial charge on any atom is -1.00 e. The van der Waals surface area contributed by atoms with Gasteiger partial charge < -0.3 is 71.9 Å². The minimum atomic E-state index is 0. The van der Waals surface area contributed by atoms with E-state index in [1.165, 1.54) is 20.8 Å². The SMILES string of the molecule is CC#N.CC#N.CC#N.[I-].[I-].[I-].[Lu+3].c1ccc(CN(Cc2ccccn2)Cc2ccccn2)nc1.c1ccc(CN(Cc2ccccn2)Cc2ccccn2)nc1. The Bertz CT molecular complexity index is 1550. The molecule has 0 unspecified atom stereocenters. The molecule has 15 heteroatoms. The van der Waals surface area contributed by atoms with Gasteiger partial charge in [0.1, 0.15) is 0 Å². The molecule has 0 N–H and O–H groups in total. The summed E-state index contributed by atoms with van der Waals surface area (Å²) in [6.07, 6.45) is 11.0. The molecule has 0 amide bonds. The molecule has 6 heterocycles. The predicted molar refractivity (Wildman–Crippen MR) is 205 cm³/mol. The number of nitrogens with zero attached hydrogens (tertiary/aromatic N) is 11. The largest absolute Gasteiger partial charge is 3.00 e. The zero-order valence-electron chi connectivity index (χ0n) is 31.9. The van der Waals surface area contributed by atoms with Crippen LogP contribution in [0.4, 0.5) is 0 Å². The molecule has 0 radical (unpaired) electrons. The van der Waals surface area contributed by atoms with Crippen LogP contribution in [-0.2, 0) is 39.3 Å². The summed E-state index contributed by atoms with van der Waals surface area (Å²) in [6.45, 7) is 8.92. The van der Waals surface area contributed by atoms with Crippen molar-refractivity contribution in [3.63, 3.8) is 0 Å². The van der Waals surface area contributed by atoms with Crippen molar-refractivity contribution in [2.24, 2.45) is 0 Å². The number of halogens is 3. The van der Waals surface area contributed by atoms with Crippen LogP contribution in [0.25, 0.3) is 0 Å². The second kappa shape index (κ2) is 39.5. The molecule has 0 saturated carbocycles. The van der Waals surface area contributed by atoms with Gasteiger partial charge in [0.15, 0.2) is 0 Å². The Morgan fingerprint density at radius 1 is 0.351 bits per heavy atom. The van der Waals surface area contributed by atoms with Gasteiger partial charge in [-0.2, -0.15) is 15.8 Å². The van der Waals surface area contributed by atoms with Gasteiger partial charge >= 0.3 is 36.9 Å². The second-order valence-electron chi connectivity index (χ2n) is 10.9. The molecule has 0 fully saturated rings. The maximum atomic E-state index is 7.32. The average Bonchev–Trinajstić information content (AvgIpc) is 3.18. The van der Waals surface area contributed by atoms with Crippen molar-refractivity contribution in [1.29, 1.82) is 15.8 Å². The Morgan fingerprint density at radius 3 is 0.596 bits per heavy atom. The van der Waals surface area contributed by atoms with Crippen LogP contribution in [0.15, 0.2) is 146 Å². The molecular weight excluding hydrogens is 1210 g/mol. The van der Waals surface area contributed by atoms with Crippen LogP contribution in [0.1, 0.15) is 54.9 Å². The van der Waals surface area contributed by atoms with Crippen LogP contribution in [0.3, 0.4) is 0 Å². The first kappa shape index (κ1) is 58.0. The van der Waals surface area contributed by atoms with Crippen molar-refractivity contribution in [2.45, 2.75) is 60.0 Å². The molecule has 0 aliphatic carbocycles. The quantitative estimate of drug-likeness (QED) is 0.135. The van der Waals surface area contributed by atoms with Gasteiger partial charge in [-0.25, -0.2) is 0 Å². The third-order valence-corrected chi connectivity index (χ3v) is 6.67. The molecule has 11 nitrogen and oxygen atoms in total. The Kier molecular flexibility index (Phi) is 40.3. The van der Waals surface area contributed by atoms with Crippen LogP contribution in [0.2, 0.25) is 0 Å². The van der Waals surface area contributed by atoms with Gasteiger partial charge in [-0.3, -0.25) is 39.7 Å². The van der Waals surface area contributed by atoms with E-state index in [0.717, 1.165) is 73.4 Å². The second-order valence-corrected chi connectivity index (χ2v) is 10.9. The third kappa shape index (κ3) is 28.7.